The molecule has 1 aromatic carbocycles. The van der Waals surface area contributed by atoms with E-state index in [1.54, 1.807) is 39.0 Å². The zero-order valence-corrected chi connectivity index (χ0v) is 11.5. The van der Waals surface area contributed by atoms with Crippen LogP contribution in [0.15, 0.2) is 30.3 Å². The molecule has 0 radical (unpaired) electrons. The maximum absolute atomic E-state index is 11.2. The second-order valence-corrected chi connectivity index (χ2v) is 5.17. The molecule has 0 aliphatic rings. The van der Waals surface area contributed by atoms with Crippen molar-refractivity contribution in [2.24, 2.45) is 0 Å². The quantitative estimate of drug-likeness (QED) is 0.767. The number of hydrogen-bond acceptors (Lipinski definition) is 3. The van der Waals surface area contributed by atoms with Crippen LogP contribution in [0.2, 0.25) is 5.02 Å². The van der Waals surface area contributed by atoms with E-state index in [1.807, 2.05) is 18.2 Å². The van der Waals surface area contributed by atoms with Gasteiger partial charge in [0.25, 0.3) is 0 Å². The fourth-order valence-electron chi connectivity index (χ4n) is 1.15. The zero-order chi connectivity index (χ0) is 13.6. The Morgan fingerprint density at radius 1 is 1.28 bits per heavy atom. The van der Waals surface area contributed by atoms with E-state index in [9.17, 15) is 4.79 Å². The van der Waals surface area contributed by atoms with E-state index in [-0.39, 0.29) is 6.61 Å². The number of rotatable bonds is 3. The topological polar surface area (TPSA) is 35.5 Å². The molecule has 0 heterocycles. The van der Waals surface area contributed by atoms with Crippen LogP contribution in [0.5, 0.6) is 0 Å². The fourth-order valence-corrected chi connectivity index (χ4v) is 1.28. The van der Waals surface area contributed by atoms with E-state index in [0.717, 1.165) is 5.56 Å². The number of ether oxygens (including phenoxy) is 2. The highest BCUT2D eigenvalue weighted by molar-refractivity contribution is 6.30. The number of benzene rings is 1. The first-order valence-corrected chi connectivity index (χ1v) is 6.02. The van der Waals surface area contributed by atoms with Gasteiger partial charge in [0.05, 0.1) is 0 Å². The molecular weight excluding hydrogens is 252 g/mol. The molecule has 0 aliphatic heterocycles. The summed E-state index contributed by atoms with van der Waals surface area (Å²) in [6.07, 6.45) is 2.93. The molecule has 0 aromatic heterocycles. The van der Waals surface area contributed by atoms with Crippen molar-refractivity contribution in [3.63, 3.8) is 0 Å². The lowest BCUT2D eigenvalue weighted by molar-refractivity contribution is -0.00234. The fraction of sp³-hybridized carbons (Fsp3) is 0.357. The van der Waals surface area contributed by atoms with Crippen LogP contribution in [-0.4, -0.2) is 18.4 Å². The summed E-state index contributed by atoms with van der Waals surface area (Å²) in [4.78, 5) is 11.2. The molecule has 0 bridgehead atoms. The second-order valence-electron chi connectivity index (χ2n) is 4.73. The van der Waals surface area contributed by atoms with Crippen molar-refractivity contribution in [3.8, 4) is 0 Å². The zero-order valence-electron chi connectivity index (χ0n) is 10.8. The Kier molecular flexibility index (Phi) is 5.23. The van der Waals surface area contributed by atoms with Crippen LogP contribution in [0.25, 0.3) is 6.08 Å². The van der Waals surface area contributed by atoms with Crippen LogP contribution >= 0.6 is 11.6 Å². The molecule has 0 saturated heterocycles. The smallest absolute Gasteiger partial charge is 0.430 e. The van der Waals surface area contributed by atoms with E-state index in [4.69, 9.17) is 21.1 Å². The molecule has 0 fully saturated rings. The average molecular weight is 269 g/mol. The van der Waals surface area contributed by atoms with Gasteiger partial charge >= 0.3 is 6.16 Å². The molecule has 3 nitrogen and oxygen atoms in total. The number of hydrogen-bond donors (Lipinski definition) is 0. The Hall–Kier alpha value is -1.48. The number of halogens is 1. The summed E-state index contributed by atoms with van der Waals surface area (Å²) < 4.78 is 9.88. The number of carbonyl (C=O) groups excluding carboxylic acids is 1. The summed E-state index contributed by atoms with van der Waals surface area (Å²) in [5.74, 6) is 0. The van der Waals surface area contributed by atoms with Gasteiger partial charge in [0, 0.05) is 5.02 Å². The first-order chi connectivity index (χ1) is 8.37. The molecule has 4 heteroatoms. The highest BCUT2D eigenvalue weighted by atomic mass is 35.5. The molecule has 0 spiro atoms. The predicted molar refractivity (Wildman–Crippen MR) is 72.7 cm³/mol. The van der Waals surface area contributed by atoms with Crippen molar-refractivity contribution in [3.05, 3.63) is 40.9 Å². The van der Waals surface area contributed by atoms with Gasteiger partial charge < -0.3 is 9.47 Å². The van der Waals surface area contributed by atoms with E-state index in [0.29, 0.717) is 5.02 Å². The SMILES string of the molecule is CC(C)(C)OC(=O)OC/C=C/c1ccc(Cl)cc1. The third kappa shape index (κ3) is 6.30. The molecule has 0 amide bonds. The maximum Gasteiger partial charge on any atom is 0.509 e. The summed E-state index contributed by atoms with van der Waals surface area (Å²) in [6.45, 7) is 5.55. The summed E-state index contributed by atoms with van der Waals surface area (Å²) >= 11 is 5.77. The van der Waals surface area contributed by atoms with Gasteiger partial charge in [-0.3, -0.25) is 0 Å². The van der Waals surface area contributed by atoms with Gasteiger partial charge in [-0.15, -0.1) is 0 Å². The van der Waals surface area contributed by atoms with Crippen LogP contribution in [-0.2, 0) is 9.47 Å². The summed E-state index contributed by atoms with van der Waals surface area (Å²) in [5.41, 5.74) is 0.462. The van der Waals surface area contributed by atoms with Gasteiger partial charge in [0.1, 0.15) is 12.2 Å². The van der Waals surface area contributed by atoms with Gasteiger partial charge in [-0.2, -0.15) is 0 Å². The molecular formula is C14H17ClO3. The number of carbonyl (C=O) groups is 1. The van der Waals surface area contributed by atoms with E-state index in [2.05, 4.69) is 0 Å². The van der Waals surface area contributed by atoms with Crippen molar-refractivity contribution in [2.75, 3.05) is 6.61 Å². The Morgan fingerprint density at radius 2 is 1.89 bits per heavy atom. The van der Waals surface area contributed by atoms with Crippen LogP contribution < -0.4 is 0 Å². The summed E-state index contributed by atoms with van der Waals surface area (Å²) in [7, 11) is 0. The lowest BCUT2D eigenvalue weighted by Gasteiger charge is -2.18. The lowest BCUT2D eigenvalue weighted by atomic mass is 10.2. The third-order valence-electron chi connectivity index (χ3n) is 1.87. The first-order valence-electron chi connectivity index (χ1n) is 5.65. The van der Waals surface area contributed by atoms with Gasteiger partial charge in [-0.25, -0.2) is 4.79 Å². The molecule has 1 rings (SSSR count). The highest BCUT2D eigenvalue weighted by Gasteiger charge is 2.16. The standard InChI is InChI=1S/C14H17ClO3/c1-14(2,3)18-13(16)17-10-4-5-11-6-8-12(15)9-7-11/h4-9H,10H2,1-3H3/b5-4+. The molecule has 98 valence electrons. The molecule has 1 aromatic rings. The van der Waals surface area contributed by atoms with Crippen molar-refractivity contribution in [1.82, 2.24) is 0 Å². The Balaban J connectivity index is 2.33. The van der Waals surface area contributed by atoms with Crippen LogP contribution in [0.4, 0.5) is 4.79 Å². The molecule has 0 unspecified atom stereocenters. The van der Waals surface area contributed by atoms with Crippen molar-refractivity contribution >= 4 is 23.8 Å². The van der Waals surface area contributed by atoms with Crippen molar-refractivity contribution < 1.29 is 14.3 Å². The molecule has 0 saturated carbocycles. The van der Waals surface area contributed by atoms with E-state index >= 15 is 0 Å². The van der Waals surface area contributed by atoms with Crippen LogP contribution in [0, 0.1) is 0 Å². The van der Waals surface area contributed by atoms with Crippen LogP contribution in [0.3, 0.4) is 0 Å². The second kappa shape index (κ2) is 6.45. The van der Waals surface area contributed by atoms with Gasteiger partial charge in [-0.1, -0.05) is 29.8 Å². The summed E-state index contributed by atoms with van der Waals surface area (Å²) in [6, 6.07) is 7.37. The Labute approximate surface area is 112 Å². The van der Waals surface area contributed by atoms with Crippen molar-refractivity contribution in [1.29, 1.82) is 0 Å². The molecule has 0 aliphatic carbocycles. The molecule has 0 N–H and O–H groups in total. The van der Waals surface area contributed by atoms with Gasteiger partial charge in [0.15, 0.2) is 0 Å². The minimum Gasteiger partial charge on any atom is -0.430 e. The van der Waals surface area contributed by atoms with Gasteiger partial charge in [0.2, 0.25) is 0 Å². The first kappa shape index (κ1) is 14.6. The maximum atomic E-state index is 11.2. The highest BCUT2D eigenvalue weighted by Crippen LogP contribution is 2.11. The van der Waals surface area contributed by atoms with E-state index in [1.165, 1.54) is 0 Å². The predicted octanol–water partition coefficient (Wildman–Crippen LogP) is 4.30. The monoisotopic (exact) mass is 268 g/mol. The normalized spacial score (nSPS) is 11.6. The molecule has 0 atom stereocenters. The van der Waals surface area contributed by atoms with Gasteiger partial charge in [-0.05, 0) is 44.5 Å². The van der Waals surface area contributed by atoms with Crippen LogP contribution in [0.1, 0.15) is 26.3 Å². The molecule has 18 heavy (non-hydrogen) atoms. The largest absolute Gasteiger partial charge is 0.509 e. The lowest BCUT2D eigenvalue weighted by Crippen LogP contribution is -2.24. The Morgan fingerprint density at radius 3 is 2.44 bits per heavy atom. The summed E-state index contributed by atoms with van der Waals surface area (Å²) in [5, 5.41) is 0.692. The minimum atomic E-state index is -0.664. The van der Waals surface area contributed by atoms with E-state index < -0.39 is 11.8 Å². The average Bonchev–Trinajstić information content (AvgIpc) is 2.24. The minimum absolute atomic E-state index is 0.178. The third-order valence-corrected chi connectivity index (χ3v) is 2.12. The van der Waals surface area contributed by atoms with Crippen molar-refractivity contribution in [2.45, 2.75) is 26.4 Å². The Bertz CT molecular complexity index is 416.